The van der Waals surface area contributed by atoms with Gasteiger partial charge in [-0.05, 0) is 19.1 Å². The Morgan fingerprint density at radius 2 is 2.11 bits per heavy atom. The van der Waals surface area contributed by atoms with Crippen molar-refractivity contribution in [3.63, 3.8) is 0 Å². The smallest absolute Gasteiger partial charge is 0.228 e. The third-order valence-electron chi connectivity index (χ3n) is 2.43. The van der Waals surface area contributed by atoms with Gasteiger partial charge in [-0.3, -0.25) is 4.79 Å². The average Bonchev–Trinajstić information content (AvgIpc) is 2.57. The first-order valence-corrected chi connectivity index (χ1v) is 5.14. The van der Waals surface area contributed by atoms with E-state index in [1.54, 1.807) is 14.0 Å². The Kier molecular flexibility index (Phi) is 3.10. The molecule has 18 heavy (non-hydrogen) atoms. The van der Waals surface area contributed by atoms with E-state index >= 15 is 0 Å². The number of carbonyl (C=O) groups excluding carboxylic acids is 1. The molecule has 4 nitrogen and oxygen atoms in total. The first-order valence-electron chi connectivity index (χ1n) is 5.14. The van der Waals surface area contributed by atoms with Crippen LogP contribution in [0.3, 0.4) is 0 Å². The molecular weight excluding hydrogens is 242 g/mol. The van der Waals surface area contributed by atoms with E-state index in [1.807, 2.05) is 0 Å². The maximum atomic E-state index is 13.4. The van der Waals surface area contributed by atoms with E-state index in [1.165, 1.54) is 4.68 Å². The second kappa shape index (κ2) is 4.56. The van der Waals surface area contributed by atoms with Crippen molar-refractivity contribution in [3.05, 3.63) is 41.1 Å². The minimum atomic E-state index is -0.842. The van der Waals surface area contributed by atoms with Gasteiger partial charge in [0.15, 0.2) is 17.9 Å². The summed E-state index contributed by atoms with van der Waals surface area (Å²) < 4.78 is 32.8. The number of aryl methyl sites for hydroxylation is 2. The van der Waals surface area contributed by atoms with Crippen LogP contribution >= 0.6 is 0 Å². The van der Waals surface area contributed by atoms with Crippen LogP contribution in [0.15, 0.2) is 18.2 Å². The molecule has 2 rings (SSSR count). The first kappa shape index (κ1) is 12.2. The Labute approximate surface area is 102 Å². The minimum Gasteiger partial charge on any atom is -0.435 e. The second-order valence-corrected chi connectivity index (χ2v) is 3.72. The zero-order chi connectivity index (χ0) is 13.3. The fourth-order valence-electron chi connectivity index (χ4n) is 1.57. The SMILES string of the molecule is Cc1nn(C)c(Oc2ccc(F)cc2F)c1C=O. The summed E-state index contributed by atoms with van der Waals surface area (Å²) in [7, 11) is 1.57. The highest BCUT2D eigenvalue weighted by Gasteiger charge is 2.16. The zero-order valence-electron chi connectivity index (χ0n) is 9.78. The summed E-state index contributed by atoms with van der Waals surface area (Å²) in [5, 5.41) is 3.99. The number of hydrogen-bond donors (Lipinski definition) is 0. The Hall–Kier alpha value is -2.24. The topological polar surface area (TPSA) is 44.1 Å². The molecule has 1 aromatic heterocycles. The van der Waals surface area contributed by atoms with Crippen molar-refractivity contribution >= 4 is 6.29 Å². The van der Waals surface area contributed by atoms with E-state index < -0.39 is 11.6 Å². The van der Waals surface area contributed by atoms with Gasteiger partial charge in [0.25, 0.3) is 0 Å². The minimum absolute atomic E-state index is 0.119. The zero-order valence-corrected chi connectivity index (χ0v) is 9.78. The van der Waals surface area contributed by atoms with Crippen LogP contribution in [0.5, 0.6) is 11.6 Å². The number of ether oxygens (including phenoxy) is 1. The predicted octanol–water partition coefficient (Wildman–Crippen LogP) is 2.61. The normalized spacial score (nSPS) is 10.4. The summed E-state index contributed by atoms with van der Waals surface area (Å²) in [5.41, 5.74) is 0.714. The molecule has 1 heterocycles. The molecule has 0 radical (unpaired) electrons. The maximum absolute atomic E-state index is 13.4. The van der Waals surface area contributed by atoms with Gasteiger partial charge >= 0.3 is 0 Å². The van der Waals surface area contributed by atoms with E-state index in [2.05, 4.69) is 5.10 Å². The molecule has 0 spiro atoms. The standard InChI is InChI=1S/C12H10F2N2O2/c1-7-9(6-17)12(16(2)15-7)18-11-4-3-8(13)5-10(11)14/h3-6H,1-2H3. The average molecular weight is 252 g/mol. The quantitative estimate of drug-likeness (QED) is 0.789. The Bertz CT molecular complexity index is 608. The molecule has 0 atom stereocenters. The van der Waals surface area contributed by atoms with Crippen molar-refractivity contribution in [1.82, 2.24) is 9.78 Å². The number of hydrogen-bond acceptors (Lipinski definition) is 3. The number of nitrogens with zero attached hydrogens (tertiary/aromatic N) is 2. The number of benzene rings is 1. The molecule has 0 aliphatic heterocycles. The third-order valence-corrected chi connectivity index (χ3v) is 2.43. The summed E-state index contributed by atoms with van der Waals surface area (Å²) in [6.07, 6.45) is 0.582. The molecule has 0 bridgehead atoms. The Balaban J connectivity index is 2.42. The van der Waals surface area contributed by atoms with Crippen LogP contribution in [0.1, 0.15) is 16.1 Å². The number of aldehydes is 1. The molecule has 2 aromatic rings. The van der Waals surface area contributed by atoms with E-state index in [0.717, 1.165) is 12.1 Å². The summed E-state index contributed by atoms with van der Waals surface area (Å²) in [5.74, 6) is -1.59. The highest BCUT2D eigenvalue weighted by molar-refractivity contribution is 5.80. The highest BCUT2D eigenvalue weighted by atomic mass is 19.1. The Morgan fingerprint density at radius 1 is 1.39 bits per heavy atom. The van der Waals surface area contributed by atoms with Gasteiger partial charge in [0.05, 0.1) is 11.3 Å². The number of halogens is 2. The Morgan fingerprint density at radius 3 is 2.72 bits per heavy atom. The van der Waals surface area contributed by atoms with Gasteiger partial charge in [-0.2, -0.15) is 5.10 Å². The fraction of sp³-hybridized carbons (Fsp3) is 0.167. The van der Waals surface area contributed by atoms with Crippen LogP contribution < -0.4 is 4.74 Å². The maximum Gasteiger partial charge on any atom is 0.228 e. The summed E-state index contributed by atoms with van der Waals surface area (Å²) in [6.45, 7) is 1.64. The van der Waals surface area contributed by atoms with Crippen molar-refractivity contribution in [2.45, 2.75) is 6.92 Å². The van der Waals surface area contributed by atoms with Gasteiger partial charge < -0.3 is 4.74 Å². The predicted molar refractivity (Wildman–Crippen MR) is 59.8 cm³/mol. The number of carbonyl (C=O) groups is 1. The molecule has 0 aliphatic rings. The van der Waals surface area contributed by atoms with E-state index in [9.17, 15) is 13.6 Å². The van der Waals surface area contributed by atoms with Crippen molar-refractivity contribution in [1.29, 1.82) is 0 Å². The number of rotatable bonds is 3. The molecule has 0 aliphatic carbocycles. The van der Waals surface area contributed by atoms with Crippen molar-refractivity contribution in [2.75, 3.05) is 0 Å². The molecule has 0 unspecified atom stereocenters. The lowest BCUT2D eigenvalue weighted by molar-refractivity contribution is 0.112. The van der Waals surface area contributed by atoms with Gasteiger partial charge in [0, 0.05) is 13.1 Å². The molecule has 6 heteroatoms. The second-order valence-electron chi connectivity index (χ2n) is 3.72. The molecule has 0 saturated carbocycles. The highest BCUT2D eigenvalue weighted by Crippen LogP contribution is 2.28. The van der Waals surface area contributed by atoms with Gasteiger partial charge in [-0.25, -0.2) is 13.5 Å². The van der Waals surface area contributed by atoms with E-state index in [4.69, 9.17) is 4.74 Å². The molecule has 94 valence electrons. The lowest BCUT2D eigenvalue weighted by Gasteiger charge is -2.07. The molecule has 0 N–H and O–H groups in total. The van der Waals surface area contributed by atoms with Crippen molar-refractivity contribution < 1.29 is 18.3 Å². The van der Waals surface area contributed by atoms with Crippen LogP contribution in [-0.2, 0) is 7.05 Å². The van der Waals surface area contributed by atoms with Crippen LogP contribution in [0.2, 0.25) is 0 Å². The van der Waals surface area contributed by atoms with Crippen LogP contribution in [0, 0.1) is 18.6 Å². The van der Waals surface area contributed by atoms with Gasteiger partial charge in [-0.1, -0.05) is 0 Å². The first-order chi connectivity index (χ1) is 8.52. The van der Waals surface area contributed by atoms with Gasteiger partial charge in [0.1, 0.15) is 5.82 Å². The van der Waals surface area contributed by atoms with Crippen LogP contribution in [-0.4, -0.2) is 16.1 Å². The lowest BCUT2D eigenvalue weighted by Crippen LogP contribution is -1.98. The molecule has 0 saturated heterocycles. The summed E-state index contributed by atoms with van der Waals surface area (Å²) >= 11 is 0. The lowest BCUT2D eigenvalue weighted by atomic mass is 10.3. The summed E-state index contributed by atoms with van der Waals surface area (Å²) in [4.78, 5) is 10.9. The van der Waals surface area contributed by atoms with Crippen LogP contribution in [0.25, 0.3) is 0 Å². The molecule has 0 amide bonds. The van der Waals surface area contributed by atoms with Gasteiger partial charge in [-0.15, -0.1) is 0 Å². The van der Waals surface area contributed by atoms with Crippen molar-refractivity contribution in [2.24, 2.45) is 7.05 Å². The van der Waals surface area contributed by atoms with Gasteiger partial charge in [0.2, 0.25) is 5.88 Å². The third kappa shape index (κ3) is 2.09. The largest absolute Gasteiger partial charge is 0.435 e. The monoisotopic (exact) mass is 252 g/mol. The number of aromatic nitrogens is 2. The summed E-state index contributed by atoms with van der Waals surface area (Å²) in [6, 6.07) is 2.93. The molecule has 1 aromatic carbocycles. The molecule has 0 fully saturated rings. The van der Waals surface area contributed by atoms with Crippen molar-refractivity contribution in [3.8, 4) is 11.6 Å². The van der Waals surface area contributed by atoms with E-state index in [0.29, 0.717) is 18.0 Å². The fourth-order valence-corrected chi connectivity index (χ4v) is 1.57. The van der Waals surface area contributed by atoms with Crippen LogP contribution in [0.4, 0.5) is 8.78 Å². The molecular formula is C12H10F2N2O2. The van der Waals surface area contributed by atoms with E-state index in [-0.39, 0.29) is 17.2 Å².